The molecule has 0 fully saturated rings. The summed E-state index contributed by atoms with van der Waals surface area (Å²) in [5.74, 6) is -0.716. The highest BCUT2D eigenvalue weighted by atomic mass is 35.5. The van der Waals surface area contributed by atoms with E-state index in [1.807, 2.05) is 0 Å². The van der Waals surface area contributed by atoms with Gasteiger partial charge in [0.1, 0.15) is 4.21 Å². The Morgan fingerprint density at radius 3 is 2.48 bits per heavy atom. The molecule has 2 aromatic rings. The van der Waals surface area contributed by atoms with E-state index in [0.717, 1.165) is 21.2 Å². The first-order chi connectivity index (χ1) is 12.8. The molecule has 0 saturated carbocycles. The van der Waals surface area contributed by atoms with Gasteiger partial charge in [0.25, 0.3) is 10.0 Å². The summed E-state index contributed by atoms with van der Waals surface area (Å²) in [5, 5.41) is 5.26. The average molecular weight is 431 g/mol. The van der Waals surface area contributed by atoms with Gasteiger partial charge in [0, 0.05) is 39.0 Å². The largest absolute Gasteiger partial charge is 0.354 e. The molecule has 2 aromatic heterocycles. The van der Waals surface area contributed by atoms with E-state index in [4.69, 9.17) is 11.6 Å². The molecule has 0 spiro atoms. The zero-order valence-electron chi connectivity index (χ0n) is 14.5. The van der Waals surface area contributed by atoms with Gasteiger partial charge in [-0.1, -0.05) is 11.6 Å². The van der Waals surface area contributed by atoms with Gasteiger partial charge in [-0.15, -0.1) is 11.3 Å². The van der Waals surface area contributed by atoms with Gasteiger partial charge in [-0.3, -0.25) is 14.6 Å². The number of nitrogens with zero attached hydrogens (tertiary/aromatic N) is 2. The van der Waals surface area contributed by atoms with Gasteiger partial charge in [-0.25, -0.2) is 8.42 Å². The third-order valence-corrected chi connectivity index (χ3v) is 6.99. The first kappa shape index (κ1) is 21.3. The molecule has 0 atom stereocenters. The lowest BCUT2D eigenvalue weighted by Crippen LogP contribution is -2.39. The molecule has 0 radical (unpaired) electrons. The number of halogens is 1. The molecule has 0 saturated heterocycles. The summed E-state index contributed by atoms with van der Waals surface area (Å²) in [5.41, 5.74) is 0.919. The third kappa shape index (κ3) is 6.58. The topological polar surface area (TPSA) is 108 Å². The van der Waals surface area contributed by atoms with Crippen LogP contribution < -0.4 is 10.6 Å². The van der Waals surface area contributed by atoms with Crippen molar-refractivity contribution in [3.63, 3.8) is 0 Å². The molecule has 0 bridgehead atoms. The van der Waals surface area contributed by atoms with Gasteiger partial charge < -0.3 is 10.6 Å². The molecule has 11 heteroatoms. The number of sulfonamides is 1. The quantitative estimate of drug-likeness (QED) is 0.622. The van der Waals surface area contributed by atoms with Crippen molar-refractivity contribution in [2.24, 2.45) is 0 Å². The third-order valence-electron chi connectivity index (χ3n) is 3.49. The highest BCUT2D eigenvalue weighted by Gasteiger charge is 2.24. The number of hydrogen-bond acceptors (Lipinski definition) is 6. The summed E-state index contributed by atoms with van der Waals surface area (Å²) in [4.78, 5) is 27.6. The lowest BCUT2D eigenvalue weighted by atomic mass is 10.2. The first-order valence-corrected chi connectivity index (χ1v) is 10.6. The summed E-state index contributed by atoms with van der Waals surface area (Å²) in [6.07, 6.45) is 3.36. The number of rotatable bonds is 9. The van der Waals surface area contributed by atoms with Crippen LogP contribution in [0.3, 0.4) is 0 Å². The Bertz CT molecular complexity index is 887. The molecule has 0 aliphatic carbocycles. The molecule has 2 amide bonds. The Morgan fingerprint density at radius 1 is 1.15 bits per heavy atom. The van der Waals surface area contributed by atoms with Crippen LogP contribution >= 0.6 is 22.9 Å². The van der Waals surface area contributed by atoms with Crippen LogP contribution in [-0.2, 0) is 26.2 Å². The molecule has 2 heterocycles. The van der Waals surface area contributed by atoms with E-state index in [1.54, 1.807) is 24.5 Å². The van der Waals surface area contributed by atoms with Crippen LogP contribution in [0.15, 0.2) is 40.9 Å². The minimum absolute atomic E-state index is 0.0679. The monoisotopic (exact) mass is 430 g/mol. The minimum atomic E-state index is -3.77. The van der Waals surface area contributed by atoms with E-state index in [1.165, 1.54) is 19.2 Å². The standard InChI is InChI=1S/C16H19ClN4O4S2/c1-21(27(24,25)16-3-2-13(17)26-16)11-15(23)19-9-6-14(22)20-10-12-4-7-18-8-5-12/h2-5,7-8H,6,9-11H2,1H3,(H,19,23)(H,20,22). The fourth-order valence-corrected chi connectivity index (χ4v) is 4.86. The number of hydrogen-bond donors (Lipinski definition) is 2. The predicted octanol–water partition coefficient (Wildman–Crippen LogP) is 1.24. The van der Waals surface area contributed by atoms with Crippen molar-refractivity contribution in [2.45, 2.75) is 17.2 Å². The summed E-state index contributed by atoms with van der Waals surface area (Å²) < 4.78 is 26.0. The van der Waals surface area contributed by atoms with Crippen molar-refractivity contribution in [2.75, 3.05) is 20.1 Å². The normalized spacial score (nSPS) is 11.4. The van der Waals surface area contributed by atoms with Crippen molar-refractivity contribution in [1.82, 2.24) is 19.9 Å². The molecule has 2 rings (SSSR count). The van der Waals surface area contributed by atoms with Crippen molar-refractivity contribution in [1.29, 1.82) is 0 Å². The number of nitrogens with one attached hydrogen (secondary N) is 2. The van der Waals surface area contributed by atoms with Gasteiger partial charge in [0.05, 0.1) is 10.9 Å². The van der Waals surface area contributed by atoms with Crippen molar-refractivity contribution >= 4 is 44.8 Å². The fraction of sp³-hybridized carbons (Fsp3) is 0.312. The van der Waals surface area contributed by atoms with E-state index in [2.05, 4.69) is 15.6 Å². The van der Waals surface area contributed by atoms with Gasteiger partial charge >= 0.3 is 0 Å². The fourth-order valence-electron chi connectivity index (χ4n) is 2.04. The number of carbonyl (C=O) groups is 2. The van der Waals surface area contributed by atoms with Crippen LogP contribution in [0, 0.1) is 0 Å². The maximum atomic E-state index is 12.3. The lowest BCUT2D eigenvalue weighted by Gasteiger charge is -2.15. The summed E-state index contributed by atoms with van der Waals surface area (Å²) in [6, 6.07) is 6.46. The molecule has 2 N–H and O–H groups in total. The number of amides is 2. The second-order valence-corrected chi connectivity index (χ2v) is 9.54. The molecule has 8 nitrogen and oxygen atoms in total. The highest BCUT2D eigenvalue weighted by Crippen LogP contribution is 2.27. The average Bonchev–Trinajstić information content (AvgIpc) is 3.08. The zero-order chi connectivity index (χ0) is 19.9. The summed E-state index contributed by atoms with van der Waals surface area (Å²) in [7, 11) is -2.46. The van der Waals surface area contributed by atoms with E-state index in [0.29, 0.717) is 10.9 Å². The molecule has 27 heavy (non-hydrogen) atoms. The molecule has 0 unspecified atom stereocenters. The lowest BCUT2D eigenvalue weighted by molar-refractivity contribution is -0.122. The van der Waals surface area contributed by atoms with E-state index in [-0.39, 0.29) is 29.6 Å². The Balaban J connectivity index is 1.71. The second-order valence-electron chi connectivity index (χ2n) is 5.55. The predicted molar refractivity (Wildman–Crippen MR) is 103 cm³/mol. The van der Waals surface area contributed by atoms with Crippen LogP contribution in [0.5, 0.6) is 0 Å². The number of aromatic nitrogens is 1. The van der Waals surface area contributed by atoms with Crippen LogP contribution in [0.2, 0.25) is 4.34 Å². The van der Waals surface area contributed by atoms with Gasteiger partial charge in [0.2, 0.25) is 11.8 Å². The maximum absolute atomic E-state index is 12.3. The summed E-state index contributed by atoms with van der Waals surface area (Å²) in [6.45, 7) is 0.135. The Morgan fingerprint density at radius 2 is 1.85 bits per heavy atom. The van der Waals surface area contributed by atoms with Crippen LogP contribution in [-0.4, -0.2) is 49.7 Å². The van der Waals surface area contributed by atoms with Gasteiger partial charge in [-0.05, 0) is 29.8 Å². The van der Waals surface area contributed by atoms with Crippen molar-refractivity contribution < 1.29 is 18.0 Å². The molecule has 0 aromatic carbocycles. The second kappa shape index (κ2) is 9.79. The highest BCUT2D eigenvalue weighted by molar-refractivity contribution is 7.91. The molecule has 0 aliphatic rings. The number of thiophene rings is 1. The summed E-state index contributed by atoms with van der Waals surface area (Å²) >= 11 is 6.68. The zero-order valence-corrected chi connectivity index (χ0v) is 16.9. The SMILES string of the molecule is CN(CC(=O)NCCC(=O)NCc1ccncc1)S(=O)(=O)c1ccc(Cl)s1. The Kier molecular flexibility index (Phi) is 7.72. The maximum Gasteiger partial charge on any atom is 0.252 e. The van der Waals surface area contributed by atoms with E-state index in [9.17, 15) is 18.0 Å². The van der Waals surface area contributed by atoms with Gasteiger partial charge in [0.15, 0.2) is 0 Å². The minimum Gasteiger partial charge on any atom is -0.354 e. The van der Waals surface area contributed by atoms with Crippen LogP contribution in [0.25, 0.3) is 0 Å². The molecular weight excluding hydrogens is 412 g/mol. The van der Waals surface area contributed by atoms with Crippen LogP contribution in [0.1, 0.15) is 12.0 Å². The molecule has 0 aliphatic heterocycles. The molecule has 146 valence electrons. The van der Waals surface area contributed by atoms with E-state index >= 15 is 0 Å². The first-order valence-electron chi connectivity index (χ1n) is 7.93. The smallest absolute Gasteiger partial charge is 0.252 e. The Hall–Kier alpha value is -2.01. The van der Waals surface area contributed by atoms with Crippen molar-refractivity contribution in [3.05, 3.63) is 46.6 Å². The molecular formula is C16H19ClN4O4S2. The van der Waals surface area contributed by atoms with E-state index < -0.39 is 15.9 Å². The number of pyridine rings is 1. The Labute approximate surface area is 166 Å². The number of likely N-dealkylation sites (N-methyl/N-ethyl adjacent to an activating group) is 1. The number of carbonyl (C=O) groups excluding carboxylic acids is 2. The van der Waals surface area contributed by atoms with Gasteiger partial charge in [-0.2, -0.15) is 4.31 Å². The van der Waals surface area contributed by atoms with Crippen molar-refractivity contribution in [3.8, 4) is 0 Å². The van der Waals surface area contributed by atoms with Crippen LogP contribution in [0.4, 0.5) is 0 Å².